The standard InChI is InChI=1S/C20H21FN4O3/c1-12-8-9-13(10-14(12)21)22-16(26)11-25-15(6-5-7-17(25)27)18-23-19(24-28-18)20(2,3)4/h5-10H,11H2,1-4H3,(H,22,26). The number of nitrogens with zero attached hydrogens (tertiary/aromatic N) is 3. The number of aryl methyl sites for hydroxylation is 1. The number of amides is 1. The van der Waals surface area contributed by atoms with Crippen LogP contribution in [0, 0.1) is 12.7 Å². The monoisotopic (exact) mass is 384 g/mol. The average Bonchev–Trinajstić information content (AvgIpc) is 3.10. The second kappa shape index (κ2) is 7.38. The van der Waals surface area contributed by atoms with Gasteiger partial charge >= 0.3 is 0 Å². The Morgan fingerprint density at radius 3 is 2.64 bits per heavy atom. The number of carbonyl (C=O) groups excluding carboxylic acids is 1. The van der Waals surface area contributed by atoms with E-state index in [1.54, 1.807) is 31.2 Å². The van der Waals surface area contributed by atoms with E-state index in [4.69, 9.17) is 4.52 Å². The zero-order valence-electron chi connectivity index (χ0n) is 16.1. The van der Waals surface area contributed by atoms with Gasteiger partial charge in [-0.25, -0.2) is 4.39 Å². The van der Waals surface area contributed by atoms with Gasteiger partial charge in [-0.15, -0.1) is 0 Å². The second-order valence-electron chi connectivity index (χ2n) is 7.52. The molecule has 1 N–H and O–H groups in total. The van der Waals surface area contributed by atoms with Gasteiger partial charge in [0.05, 0.1) is 0 Å². The Balaban J connectivity index is 1.88. The first-order valence-corrected chi connectivity index (χ1v) is 8.75. The van der Waals surface area contributed by atoms with Crippen molar-refractivity contribution in [3.8, 4) is 11.6 Å². The Morgan fingerprint density at radius 1 is 1.25 bits per heavy atom. The quantitative estimate of drug-likeness (QED) is 0.746. The highest BCUT2D eigenvalue weighted by Gasteiger charge is 2.23. The minimum absolute atomic E-state index is 0.150. The lowest BCUT2D eigenvalue weighted by Crippen LogP contribution is -2.28. The maximum absolute atomic E-state index is 13.7. The number of hydrogen-bond acceptors (Lipinski definition) is 5. The van der Waals surface area contributed by atoms with Gasteiger partial charge in [-0.05, 0) is 30.7 Å². The second-order valence-corrected chi connectivity index (χ2v) is 7.52. The first kappa shape index (κ1) is 19.5. The molecule has 0 aliphatic rings. The Bertz CT molecular complexity index is 1080. The summed E-state index contributed by atoms with van der Waals surface area (Å²) in [4.78, 5) is 29.1. The predicted octanol–water partition coefficient (Wildman–Crippen LogP) is 3.28. The summed E-state index contributed by atoms with van der Waals surface area (Å²) in [5.74, 6) is -0.258. The summed E-state index contributed by atoms with van der Waals surface area (Å²) >= 11 is 0. The Morgan fingerprint density at radius 2 is 2.00 bits per heavy atom. The van der Waals surface area contributed by atoms with Gasteiger partial charge in [0.25, 0.3) is 11.4 Å². The summed E-state index contributed by atoms with van der Waals surface area (Å²) in [5.41, 5.74) is 0.408. The van der Waals surface area contributed by atoms with Gasteiger partial charge in [0.1, 0.15) is 18.1 Å². The van der Waals surface area contributed by atoms with Crippen molar-refractivity contribution in [2.45, 2.75) is 39.7 Å². The van der Waals surface area contributed by atoms with E-state index in [0.717, 1.165) is 0 Å². The summed E-state index contributed by atoms with van der Waals surface area (Å²) in [5, 5.41) is 6.54. The van der Waals surface area contributed by atoms with Gasteiger partial charge in [-0.2, -0.15) is 4.98 Å². The van der Waals surface area contributed by atoms with Crippen molar-refractivity contribution in [1.29, 1.82) is 0 Å². The van der Waals surface area contributed by atoms with Crippen molar-refractivity contribution >= 4 is 11.6 Å². The number of halogens is 1. The van der Waals surface area contributed by atoms with Crippen molar-refractivity contribution < 1.29 is 13.7 Å². The molecule has 0 atom stereocenters. The average molecular weight is 384 g/mol. The van der Waals surface area contributed by atoms with Crippen LogP contribution in [0.2, 0.25) is 0 Å². The van der Waals surface area contributed by atoms with Crippen LogP contribution in [-0.2, 0) is 16.8 Å². The molecular formula is C20H21FN4O3. The van der Waals surface area contributed by atoms with E-state index >= 15 is 0 Å². The van der Waals surface area contributed by atoms with Crippen LogP contribution in [0.3, 0.4) is 0 Å². The number of carbonyl (C=O) groups is 1. The molecule has 0 saturated carbocycles. The maximum Gasteiger partial charge on any atom is 0.274 e. The summed E-state index contributed by atoms with van der Waals surface area (Å²) in [6.45, 7) is 7.17. The number of pyridine rings is 1. The number of nitrogens with one attached hydrogen (secondary N) is 1. The fourth-order valence-electron chi connectivity index (χ4n) is 2.52. The molecule has 3 rings (SSSR count). The molecule has 2 aromatic heterocycles. The number of anilines is 1. The van der Waals surface area contributed by atoms with Crippen LogP contribution in [-0.4, -0.2) is 20.6 Å². The van der Waals surface area contributed by atoms with E-state index in [-0.39, 0.29) is 17.9 Å². The first-order chi connectivity index (χ1) is 13.1. The van der Waals surface area contributed by atoms with Gasteiger partial charge in [-0.3, -0.25) is 14.2 Å². The minimum Gasteiger partial charge on any atom is -0.332 e. The van der Waals surface area contributed by atoms with Gasteiger partial charge in [0.2, 0.25) is 5.91 Å². The van der Waals surface area contributed by atoms with Crippen LogP contribution in [0.1, 0.15) is 32.2 Å². The lowest BCUT2D eigenvalue weighted by molar-refractivity contribution is -0.116. The third kappa shape index (κ3) is 4.16. The molecule has 2 heterocycles. The molecule has 28 heavy (non-hydrogen) atoms. The van der Waals surface area contributed by atoms with Crippen LogP contribution < -0.4 is 10.9 Å². The molecule has 7 nitrogen and oxygen atoms in total. The van der Waals surface area contributed by atoms with Crippen molar-refractivity contribution in [3.63, 3.8) is 0 Å². The molecule has 0 spiro atoms. The zero-order chi connectivity index (χ0) is 20.5. The minimum atomic E-state index is -0.478. The summed E-state index contributed by atoms with van der Waals surface area (Å²) < 4.78 is 20.2. The molecule has 0 saturated heterocycles. The molecule has 0 aliphatic carbocycles. The highest BCUT2D eigenvalue weighted by atomic mass is 19.1. The van der Waals surface area contributed by atoms with Crippen LogP contribution in [0.5, 0.6) is 0 Å². The van der Waals surface area contributed by atoms with Crippen LogP contribution >= 0.6 is 0 Å². The lowest BCUT2D eigenvalue weighted by atomic mass is 9.96. The van der Waals surface area contributed by atoms with Crippen LogP contribution in [0.4, 0.5) is 10.1 Å². The summed E-state index contributed by atoms with van der Waals surface area (Å²) in [7, 11) is 0. The molecule has 1 amide bonds. The molecule has 8 heteroatoms. The molecule has 0 unspecified atom stereocenters. The van der Waals surface area contributed by atoms with Crippen LogP contribution in [0.25, 0.3) is 11.6 Å². The fourth-order valence-corrected chi connectivity index (χ4v) is 2.52. The molecule has 0 aliphatic heterocycles. The normalized spacial score (nSPS) is 11.5. The van der Waals surface area contributed by atoms with Gasteiger partial charge in [0, 0.05) is 17.2 Å². The predicted molar refractivity (Wildman–Crippen MR) is 102 cm³/mol. The molecule has 3 aromatic rings. The molecule has 0 bridgehead atoms. The van der Waals surface area contributed by atoms with E-state index < -0.39 is 17.3 Å². The zero-order valence-corrected chi connectivity index (χ0v) is 16.1. The fraction of sp³-hybridized carbons (Fsp3) is 0.300. The third-order valence-corrected chi connectivity index (χ3v) is 4.12. The topological polar surface area (TPSA) is 90.0 Å². The number of aromatic nitrogens is 3. The van der Waals surface area contributed by atoms with Crippen molar-refractivity contribution in [2.24, 2.45) is 0 Å². The highest BCUT2D eigenvalue weighted by Crippen LogP contribution is 2.23. The smallest absolute Gasteiger partial charge is 0.274 e. The van der Waals surface area contributed by atoms with Crippen molar-refractivity contribution in [2.75, 3.05) is 5.32 Å². The van der Waals surface area contributed by atoms with E-state index in [1.165, 1.54) is 16.7 Å². The number of benzene rings is 1. The van der Waals surface area contributed by atoms with Crippen molar-refractivity contribution in [3.05, 3.63) is 64.0 Å². The maximum atomic E-state index is 13.7. The molecule has 0 fully saturated rings. The lowest BCUT2D eigenvalue weighted by Gasteiger charge is -2.12. The molecule has 1 aromatic carbocycles. The molecule has 0 radical (unpaired) electrons. The van der Waals surface area contributed by atoms with E-state index in [9.17, 15) is 14.0 Å². The third-order valence-electron chi connectivity index (χ3n) is 4.12. The van der Waals surface area contributed by atoms with Crippen LogP contribution in [0.15, 0.2) is 45.7 Å². The summed E-state index contributed by atoms with van der Waals surface area (Å²) in [6.07, 6.45) is 0. The van der Waals surface area contributed by atoms with Gasteiger partial charge in [-0.1, -0.05) is 38.1 Å². The number of rotatable bonds is 4. The van der Waals surface area contributed by atoms with Crippen molar-refractivity contribution in [1.82, 2.24) is 14.7 Å². The Kier molecular flexibility index (Phi) is 5.13. The number of hydrogen-bond donors (Lipinski definition) is 1. The van der Waals surface area contributed by atoms with E-state index in [0.29, 0.717) is 22.8 Å². The first-order valence-electron chi connectivity index (χ1n) is 8.75. The van der Waals surface area contributed by atoms with Gasteiger partial charge < -0.3 is 9.84 Å². The van der Waals surface area contributed by atoms with E-state index in [1.807, 2.05) is 20.8 Å². The summed E-state index contributed by atoms with van der Waals surface area (Å²) in [6, 6.07) is 8.91. The Hall–Kier alpha value is -3.29. The molecular weight excluding hydrogens is 363 g/mol. The molecule has 146 valence electrons. The highest BCUT2D eigenvalue weighted by molar-refractivity contribution is 5.90. The Labute approximate surface area is 161 Å². The SMILES string of the molecule is Cc1ccc(NC(=O)Cn2c(-c3nc(C(C)(C)C)no3)cccc2=O)cc1F. The largest absolute Gasteiger partial charge is 0.332 e. The van der Waals surface area contributed by atoms with E-state index in [2.05, 4.69) is 15.5 Å². The van der Waals surface area contributed by atoms with Gasteiger partial charge in [0.15, 0.2) is 5.82 Å².